The van der Waals surface area contributed by atoms with Crippen molar-refractivity contribution in [3.8, 4) is 11.1 Å². The van der Waals surface area contributed by atoms with Gasteiger partial charge in [0.05, 0.1) is 16.8 Å². The van der Waals surface area contributed by atoms with E-state index in [0.717, 1.165) is 4.47 Å². The van der Waals surface area contributed by atoms with Gasteiger partial charge in [0.15, 0.2) is 0 Å². The highest BCUT2D eigenvalue weighted by Crippen LogP contribution is 2.64. The summed E-state index contributed by atoms with van der Waals surface area (Å²) in [6.45, 7) is 0. The Labute approximate surface area is 224 Å². The number of rotatable bonds is 1. The fourth-order valence-corrected chi connectivity index (χ4v) is 7.12. The average Bonchev–Trinajstić information content (AvgIpc) is 3.24. The normalized spacial score (nSPS) is 14.2. The highest BCUT2D eigenvalue weighted by atomic mass is 79.9. The van der Waals surface area contributed by atoms with Crippen molar-refractivity contribution < 1.29 is 0 Å². The summed E-state index contributed by atoms with van der Waals surface area (Å²) in [5.41, 5.74) is 11.1. The molecular weight excluding hydrogens is 514 g/mol. The Morgan fingerprint density at radius 1 is 0.514 bits per heavy atom. The maximum Gasteiger partial charge on any atom is 0.0760 e. The summed E-state index contributed by atoms with van der Waals surface area (Å²) in [4.78, 5) is 2.43. The van der Waals surface area contributed by atoms with Crippen molar-refractivity contribution >= 4 is 43.8 Å². The molecule has 0 amide bonds. The second-order valence-corrected chi connectivity index (χ2v) is 10.8. The molecule has 1 heterocycles. The van der Waals surface area contributed by atoms with Gasteiger partial charge in [-0.15, -0.1) is 0 Å². The van der Waals surface area contributed by atoms with Gasteiger partial charge in [0.2, 0.25) is 0 Å². The maximum atomic E-state index is 3.83. The van der Waals surface area contributed by atoms with Gasteiger partial charge in [0.1, 0.15) is 0 Å². The lowest BCUT2D eigenvalue weighted by Gasteiger charge is -2.45. The van der Waals surface area contributed by atoms with E-state index < -0.39 is 5.41 Å². The van der Waals surface area contributed by atoms with Crippen molar-refractivity contribution in [1.29, 1.82) is 0 Å². The minimum absolute atomic E-state index is 0.437. The Kier molecular flexibility index (Phi) is 4.36. The van der Waals surface area contributed by atoms with Crippen LogP contribution in [0.5, 0.6) is 0 Å². The zero-order valence-corrected chi connectivity index (χ0v) is 21.6. The molecule has 37 heavy (non-hydrogen) atoms. The van der Waals surface area contributed by atoms with E-state index in [0.29, 0.717) is 0 Å². The van der Waals surface area contributed by atoms with Crippen molar-refractivity contribution in [2.24, 2.45) is 0 Å². The molecule has 1 aliphatic heterocycles. The second kappa shape index (κ2) is 7.68. The van der Waals surface area contributed by atoms with Crippen molar-refractivity contribution in [3.05, 3.63) is 160 Å². The number of benzene rings is 6. The maximum absolute atomic E-state index is 3.83. The number of anilines is 3. The zero-order valence-electron chi connectivity index (χ0n) is 20.0. The van der Waals surface area contributed by atoms with Gasteiger partial charge in [-0.05, 0) is 80.6 Å². The van der Waals surface area contributed by atoms with Crippen LogP contribution in [0.4, 0.5) is 17.1 Å². The number of fused-ring (bicyclic) bond motifs is 11. The van der Waals surface area contributed by atoms with E-state index in [1.165, 1.54) is 61.2 Å². The lowest BCUT2D eigenvalue weighted by Crippen LogP contribution is -2.36. The fourth-order valence-electron chi connectivity index (χ4n) is 6.76. The van der Waals surface area contributed by atoms with Crippen LogP contribution in [0.1, 0.15) is 22.3 Å². The number of para-hydroxylation sites is 3. The largest absolute Gasteiger partial charge is 0.310 e. The van der Waals surface area contributed by atoms with E-state index in [1.807, 2.05) is 0 Å². The van der Waals surface area contributed by atoms with Crippen molar-refractivity contribution in [1.82, 2.24) is 0 Å². The lowest BCUT2D eigenvalue weighted by atomic mass is 9.64. The number of hydrogen-bond acceptors (Lipinski definition) is 1. The molecule has 6 aromatic carbocycles. The number of hydrogen-bond donors (Lipinski definition) is 0. The van der Waals surface area contributed by atoms with Crippen LogP contribution in [0.3, 0.4) is 0 Å². The third-order valence-electron chi connectivity index (χ3n) is 8.09. The summed E-state index contributed by atoms with van der Waals surface area (Å²) in [5.74, 6) is 0. The molecule has 0 radical (unpaired) electrons. The molecule has 0 bridgehead atoms. The topological polar surface area (TPSA) is 3.24 Å². The first-order valence-electron chi connectivity index (χ1n) is 12.7. The Morgan fingerprint density at radius 3 is 1.89 bits per heavy atom. The van der Waals surface area contributed by atoms with Crippen LogP contribution in [0, 0.1) is 0 Å². The minimum Gasteiger partial charge on any atom is -0.310 e. The summed E-state index contributed by atoms with van der Waals surface area (Å²) in [5, 5.41) is 2.58. The molecule has 1 spiro atoms. The predicted octanol–water partition coefficient (Wildman–Crippen LogP) is 9.75. The smallest absolute Gasteiger partial charge is 0.0760 e. The average molecular weight is 536 g/mol. The molecule has 0 saturated carbocycles. The van der Waals surface area contributed by atoms with Crippen LogP contribution in [-0.4, -0.2) is 0 Å². The van der Waals surface area contributed by atoms with Gasteiger partial charge in [-0.1, -0.05) is 113 Å². The zero-order chi connectivity index (χ0) is 24.6. The van der Waals surface area contributed by atoms with Gasteiger partial charge < -0.3 is 4.90 Å². The quantitative estimate of drug-likeness (QED) is 0.202. The van der Waals surface area contributed by atoms with Crippen LogP contribution in [0.25, 0.3) is 21.9 Å². The molecule has 2 heteroatoms. The molecule has 1 nitrogen and oxygen atoms in total. The third-order valence-corrected chi connectivity index (χ3v) is 8.59. The van der Waals surface area contributed by atoms with Crippen molar-refractivity contribution in [2.75, 3.05) is 4.90 Å². The third kappa shape index (κ3) is 2.68. The van der Waals surface area contributed by atoms with E-state index in [2.05, 4.69) is 154 Å². The molecule has 1 aliphatic carbocycles. The van der Waals surface area contributed by atoms with Crippen LogP contribution in [-0.2, 0) is 5.41 Å². The van der Waals surface area contributed by atoms with E-state index in [9.17, 15) is 0 Å². The first-order chi connectivity index (χ1) is 18.3. The van der Waals surface area contributed by atoms with Crippen LogP contribution < -0.4 is 4.90 Å². The van der Waals surface area contributed by atoms with E-state index >= 15 is 0 Å². The first-order valence-corrected chi connectivity index (χ1v) is 13.4. The Bertz CT molecular complexity index is 1810. The van der Waals surface area contributed by atoms with Gasteiger partial charge in [0, 0.05) is 10.2 Å². The molecule has 0 aromatic heterocycles. The molecule has 0 saturated heterocycles. The minimum atomic E-state index is -0.437. The van der Waals surface area contributed by atoms with E-state index in [-0.39, 0.29) is 0 Å². The summed E-state index contributed by atoms with van der Waals surface area (Å²) < 4.78 is 1.10. The summed E-state index contributed by atoms with van der Waals surface area (Å²) >= 11 is 3.83. The molecule has 0 N–H and O–H groups in total. The lowest BCUT2D eigenvalue weighted by molar-refractivity contribution is 0.758. The second-order valence-electron chi connectivity index (χ2n) is 9.85. The molecule has 0 atom stereocenters. The molecule has 0 unspecified atom stereocenters. The van der Waals surface area contributed by atoms with Gasteiger partial charge in [-0.3, -0.25) is 0 Å². The molecular formula is C35H22BrN. The molecule has 8 rings (SSSR count). The van der Waals surface area contributed by atoms with E-state index in [4.69, 9.17) is 0 Å². The molecule has 0 fully saturated rings. The summed E-state index contributed by atoms with van der Waals surface area (Å²) in [6, 6.07) is 48.9. The SMILES string of the molecule is Brc1ccc2c(c1)C1(c3ccccc3N(c3ccccc3)c3ccccc31)c1c-2ccc2ccccc12. The van der Waals surface area contributed by atoms with Gasteiger partial charge >= 0.3 is 0 Å². The highest BCUT2D eigenvalue weighted by molar-refractivity contribution is 9.10. The summed E-state index contributed by atoms with van der Waals surface area (Å²) in [7, 11) is 0. The van der Waals surface area contributed by atoms with Crippen LogP contribution in [0.2, 0.25) is 0 Å². The van der Waals surface area contributed by atoms with Gasteiger partial charge in [-0.25, -0.2) is 0 Å². The van der Waals surface area contributed by atoms with Gasteiger partial charge in [-0.2, -0.15) is 0 Å². The molecule has 6 aromatic rings. The van der Waals surface area contributed by atoms with E-state index in [1.54, 1.807) is 0 Å². The fraction of sp³-hybridized carbons (Fsp3) is 0.0286. The van der Waals surface area contributed by atoms with Crippen molar-refractivity contribution in [3.63, 3.8) is 0 Å². The Balaban J connectivity index is 1.61. The monoisotopic (exact) mass is 535 g/mol. The molecule has 2 aliphatic rings. The van der Waals surface area contributed by atoms with Crippen molar-refractivity contribution in [2.45, 2.75) is 5.41 Å². The van der Waals surface area contributed by atoms with Gasteiger partial charge in [0.25, 0.3) is 0 Å². The predicted molar refractivity (Wildman–Crippen MR) is 157 cm³/mol. The molecule has 174 valence electrons. The Hall–Kier alpha value is -4.14. The standard InChI is InChI=1S/C35H22BrN/c36-24-19-21-27-28-20-18-23-10-4-5-13-26(23)34(28)35(31(27)22-24)29-14-6-8-16-32(29)37(25-11-2-1-3-12-25)33-17-9-7-15-30(33)35/h1-22H. The summed E-state index contributed by atoms with van der Waals surface area (Å²) in [6.07, 6.45) is 0. The highest BCUT2D eigenvalue weighted by Gasteiger charge is 2.52. The van der Waals surface area contributed by atoms with Crippen LogP contribution in [0.15, 0.2) is 138 Å². The Morgan fingerprint density at radius 2 is 1.14 bits per heavy atom. The number of nitrogens with zero attached hydrogens (tertiary/aromatic N) is 1. The van der Waals surface area contributed by atoms with Crippen LogP contribution >= 0.6 is 15.9 Å². The first kappa shape index (κ1) is 21.0. The number of halogens is 1.